The molecule has 4 nitrogen and oxygen atoms in total. The van der Waals surface area contributed by atoms with Crippen LogP contribution in [0.5, 0.6) is 0 Å². The van der Waals surface area contributed by atoms with Crippen LogP contribution in [0.3, 0.4) is 0 Å². The van der Waals surface area contributed by atoms with Gasteiger partial charge in [-0.2, -0.15) is 0 Å². The van der Waals surface area contributed by atoms with E-state index in [9.17, 15) is 4.79 Å². The van der Waals surface area contributed by atoms with Gasteiger partial charge in [0, 0.05) is 0 Å². The standard InChI is InChI=1S/C12H13NO3/c1-2-8-16-11(10(13)12(14)15)9-6-4-3-5-7-9/h1,3-7,10-11H,8,13H2,(H,14,15)/t10-,11?/m0/s1. The summed E-state index contributed by atoms with van der Waals surface area (Å²) < 4.78 is 5.26. The summed E-state index contributed by atoms with van der Waals surface area (Å²) in [5, 5.41) is 8.86. The van der Waals surface area contributed by atoms with E-state index < -0.39 is 18.1 Å². The number of hydrogen-bond donors (Lipinski definition) is 2. The highest BCUT2D eigenvalue weighted by atomic mass is 16.5. The number of hydrogen-bond acceptors (Lipinski definition) is 3. The average Bonchev–Trinajstić information content (AvgIpc) is 2.30. The van der Waals surface area contributed by atoms with Gasteiger partial charge < -0.3 is 15.6 Å². The molecule has 0 fully saturated rings. The first-order valence-corrected chi connectivity index (χ1v) is 4.75. The normalized spacial score (nSPS) is 13.8. The van der Waals surface area contributed by atoms with Gasteiger partial charge in [0.05, 0.1) is 0 Å². The van der Waals surface area contributed by atoms with Crippen molar-refractivity contribution in [2.45, 2.75) is 12.1 Å². The highest BCUT2D eigenvalue weighted by molar-refractivity contribution is 5.74. The lowest BCUT2D eigenvalue weighted by molar-refractivity contribution is -0.142. The molecular weight excluding hydrogens is 206 g/mol. The van der Waals surface area contributed by atoms with Gasteiger partial charge in [-0.05, 0) is 5.56 Å². The fraction of sp³-hybridized carbons (Fsp3) is 0.250. The van der Waals surface area contributed by atoms with Crippen molar-refractivity contribution < 1.29 is 14.6 Å². The van der Waals surface area contributed by atoms with Crippen molar-refractivity contribution in [2.24, 2.45) is 5.73 Å². The third kappa shape index (κ3) is 3.09. The van der Waals surface area contributed by atoms with Crippen molar-refractivity contribution in [3.8, 4) is 12.3 Å². The van der Waals surface area contributed by atoms with Crippen LogP contribution in [0.1, 0.15) is 11.7 Å². The zero-order chi connectivity index (χ0) is 12.0. The lowest BCUT2D eigenvalue weighted by atomic mass is 10.0. The van der Waals surface area contributed by atoms with Crippen LogP contribution in [0.4, 0.5) is 0 Å². The first-order valence-electron chi connectivity index (χ1n) is 4.75. The van der Waals surface area contributed by atoms with E-state index in [2.05, 4.69) is 5.92 Å². The van der Waals surface area contributed by atoms with Gasteiger partial charge in [-0.1, -0.05) is 36.3 Å². The van der Waals surface area contributed by atoms with Gasteiger partial charge in [-0.15, -0.1) is 6.42 Å². The quantitative estimate of drug-likeness (QED) is 0.718. The zero-order valence-electron chi connectivity index (χ0n) is 8.67. The molecule has 3 N–H and O–H groups in total. The van der Waals surface area contributed by atoms with Crippen molar-refractivity contribution in [2.75, 3.05) is 6.61 Å². The molecule has 0 spiro atoms. The van der Waals surface area contributed by atoms with Crippen molar-refractivity contribution in [1.82, 2.24) is 0 Å². The Hall–Kier alpha value is -1.83. The number of nitrogens with two attached hydrogens (primary N) is 1. The molecule has 0 aliphatic rings. The van der Waals surface area contributed by atoms with E-state index in [0.717, 1.165) is 0 Å². The summed E-state index contributed by atoms with van der Waals surface area (Å²) in [6, 6.07) is 7.78. The third-order valence-corrected chi connectivity index (χ3v) is 2.09. The summed E-state index contributed by atoms with van der Waals surface area (Å²) in [5.41, 5.74) is 6.24. The maximum Gasteiger partial charge on any atom is 0.323 e. The third-order valence-electron chi connectivity index (χ3n) is 2.09. The van der Waals surface area contributed by atoms with Gasteiger partial charge >= 0.3 is 5.97 Å². The van der Waals surface area contributed by atoms with Gasteiger partial charge in [0.15, 0.2) is 0 Å². The second-order valence-electron chi connectivity index (χ2n) is 3.21. The number of carboxylic acid groups (broad SMARTS) is 1. The molecule has 0 aromatic heterocycles. The van der Waals surface area contributed by atoms with Crippen LogP contribution in [0.15, 0.2) is 30.3 Å². The average molecular weight is 219 g/mol. The van der Waals surface area contributed by atoms with Crippen molar-refractivity contribution >= 4 is 5.97 Å². The predicted octanol–water partition coefficient (Wildman–Crippen LogP) is 0.789. The van der Waals surface area contributed by atoms with Gasteiger partial charge in [-0.25, -0.2) is 0 Å². The van der Waals surface area contributed by atoms with E-state index in [1.807, 2.05) is 6.07 Å². The van der Waals surface area contributed by atoms with E-state index in [4.69, 9.17) is 22.0 Å². The van der Waals surface area contributed by atoms with Crippen molar-refractivity contribution in [3.05, 3.63) is 35.9 Å². The van der Waals surface area contributed by atoms with Crippen LogP contribution in [0.2, 0.25) is 0 Å². The second kappa shape index (κ2) is 5.91. The molecule has 0 radical (unpaired) electrons. The molecule has 1 rings (SSSR count). The lowest BCUT2D eigenvalue weighted by Gasteiger charge is -2.20. The number of carboxylic acids is 1. The second-order valence-corrected chi connectivity index (χ2v) is 3.21. The molecule has 1 aromatic carbocycles. The minimum atomic E-state index is -1.13. The largest absolute Gasteiger partial charge is 0.480 e. The molecule has 1 unspecified atom stereocenters. The molecule has 1 aromatic rings. The zero-order valence-corrected chi connectivity index (χ0v) is 8.67. The van der Waals surface area contributed by atoms with Crippen LogP contribution >= 0.6 is 0 Å². The Morgan fingerprint density at radius 3 is 2.62 bits per heavy atom. The molecule has 2 atom stereocenters. The monoisotopic (exact) mass is 219 g/mol. The molecule has 0 aliphatic carbocycles. The number of benzene rings is 1. The van der Waals surface area contributed by atoms with Crippen LogP contribution in [0.25, 0.3) is 0 Å². The van der Waals surface area contributed by atoms with Gasteiger partial charge in [0.1, 0.15) is 18.8 Å². The molecule has 84 valence electrons. The molecule has 0 amide bonds. The Kier molecular flexibility index (Phi) is 4.52. The van der Waals surface area contributed by atoms with Gasteiger partial charge in [0.25, 0.3) is 0 Å². The number of terminal acetylenes is 1. The summed E-state index contributed by atoms with van der Waals surface area (Å²) in [4.78, 5) is 10.8. The first-order chi connectivity index (χ1) is 7.66. The van der Waals surface area contributed by atoms with E-state index >= 15 is 0 Å². The highest BCUT2D eigenvalue weighted by Crippen LogP contribution is 2.20. The summed E-state index contributed by atoms with van der Waals surface area (Å²) in [6.07, 6.45) is 4.34. The van der Waals surface area contributed by atoms with Crippen LogP contribution in [0, 0.1) is 12.3 Å². The molecule has 0 saturated heterocycles. The Morgan fingerprint density at radius 1 is 1.50 bits per heavy atom. The van der Waals surface area contributed by atoms with E-state index in [1.165, 1.54) is 0 Å². The lowest BCUT2D eigenvalue weighted by Crippen LogP contribution is -2.38. The Morgan fingerprint density at radius 2 is 2.12 bits per heavy atom. The van der Waals surface area contributed by atoms with Crippen LogP contribution in [-0.2, 0) is 9.53 Å². The molecule has 0 bridgehead atoms. The maximum atomic E-state index is 10.8. The summed E-state index contributed by atoms with van der Waals surface area (Å²) >= 11 is 0. The minimum absolute atomic E-state index is 0.0283. The Labute approximate surface area is 94.0 Å². The molecule has 0 heterocycles. The van der Waals surface area contributed by atoms with Crippen molar-refractivity contribution in [1.29, 1.82) is 0 Å². The SMILES string of the molecule is C#CCOC(c1ccccc1)[C@H](N)C(=O)O. The first kappa shape index (κ1) is 12.2. The van der Waals surface area contributed by atoms with Crippen LogP contribution in [-0.4, -0.2) is 23.7 Å². The van der Waals surface area contributed by atoms with Gasteiger partial charge in [0.2, 0.25) is 0 Å². The molecular formula is C12H13NO3. The minimum Gasteiger partial charge on any atom is -0.480 e. The maximum absolute atomic E-state index is 10.8. The Bertz CT molecular complexity index is 383. The molecule has 4 heteroatoms. The Balaban J connectivity index is 2.88. The summed E-state index contributed by atoms with van der Waals surface area (Å²) in [6.45, 7) is 0.0283. The molecule has 16 heavy (non-hydrogen) atoms. The number of ether oxygens (including phenoxy) is 1. The van der Waals surface area contributed by atoms with Crippen LogP contribution < -0.4 is 5.73 Å². The topological polar surface area (TPSA) is 72.5 Å². The predicted molar refractivity (Wildman–Crippen MR) is 59.6 cm³/mol. The summed E-state index contributed by atoms with van der Waals surface area (Å²) in [7, 11) is 0. The van der Waals surface area contributed by atoms with Gasteiger partial charge in [-0.3, -0.25) is 4.79 Å². The van der Waals surface area contributed by atoms with E-state index in [1.54, 1.807) is 24.3 Å². The smallest absolute Gasteiger partial charge is 0.323 e. The summed E-state index contributed by atoms with van der Waals surface area (Å²) in [5.74, 6) is 1.17. The fourth-order valence-electron chi connectivity index (χ4n) is 1.32. The highest BCUT2D eigenvalue weighted by Gasteiger charge is 2.26. The van der Waals surface area contributed by atoms with E-state index in [-0.39, 0.29) is 6.61 Å². The molecule has 0 aliphatic heterocycles. The fourth-order valence-corrected chi connectivity index (χ4v) is 1.32. The van der Waals surface area contributed by atoms with E-state index in [0.29, 0.717) is 5.56 Å². The van der Waals surface area contributed by atoms with Crippen molar-refractivity contribution in [3.63, 3.8) is 0 Å². The molecule has 0 saturated carbocycles. The number of rotatable bonds is 5. The number of aliphatic carboxylic acids is 1. The number of carbonyl (C=O) groups is 1.